The van der Waals surface area contributed by atoms with Gasteiger partial charge in [0.15, 0.2) is 0 Å². The Labute approximate surface area is 180 Å². The standard InChI is InChI=1S/C22H26FN5O3/c1-15-12-20(25-16(2)24-15)31-19-4-3-9-26(13-19)21(29)14-27-10-11-28(22(27)30)18-7-5-17(23)6-8-18/h5-8,12,19H,3-4,9-11,13-14H2,1-2H3. The summed E-state index contributed by atoms with van der Waals surface area (Å²) in [5.74, 6) is 0.722. The molecule has 0 spiro atoms. The van der Waals surface area contributed by atoms with E-state index in [1.165, 1.54) is 17.0 Å². The molecule has 1 atom stereocenters. The molecule has 2 aliphatic heterocycles. The highest BCUT2D eigenvalue weighted by Crippen LogP contribution is 2.22. The number of halogens is 1. The molecule has 31 heavy (non-hydrogen) atoms. The quantitative estimate of drug-likeness (QED) is 0.733. The van der Waals surface area contributed by atoms with E-state index in [1.54, 1.807) is 28.0 Å². The molecule has 2 saturated heterocycles. The molecule has 2 fully saturated rings. The van der Waals surface area contributed by atoms with Gasteiger partial charge in [0, 0.05) is 37.1 Å². The van der Waals surface area contributed by atoms with Crippen LogP contribution in [0, 0.1) is 19.7 Å². The number of aromatic nitrogens is 2. The van der Waals surface area contributed by atoms with Crippen LogP contribution in [0.1, 0.15) is 24.4 Å². The van der Waals surface area contributed by atoms with Gasteiger partial charge in [-0.05, 0) is 51.0 Å². The van der Waals surface area contributed by atoms with E-state index in [0.29, 0.717) is 43.6 Å². The first kappa shape index (κ1) is 21.0. The Morgan fingerprint density at radius 1 is 1.16 bits per heavy atom. The number of benzene rings is 1. The Bertz CT molecular complexity index is 948. The van der Waals surface area contributed by atoms with Gasteiger partial charge in [0.25, 0.3) is 0 Å². The monoisotopic (exact) mass is 427 g/mol. The van der Waals surface area contributed by atoms with Crippen LogP contribution in [0.25, 0.3) is 0 Å². The number of piperidine rings is 1. The fourth-order valence-corrected chi connectivity index (χ4v) is 4.03. The van der Waals surface area contributed by atoms with Crippen LogP contribution in [0.5, 0.6) is 5.88 Å². The Kier molecular flexibility index (Phi) is 6.01. The minimum atomic E-state index is -0.350. The predicted molar refractivity (Wildman–Crippen MR) is 112 cm³/mol. The third-order valence-electron chi connectivity index (χ3n) is 5.52. The maximum absolute atomic E-state index is 13.2. The van der Waals surface area contributed by atoms with Crippen molar-refractivity contribution in [2.24, 2.45) is 0 Å². The number of carbonyl (C=O) groups excluding carboxylic acids is 2. The predicted octanol–water partition coefficient (Wildman–Crippen LogP) is 2.54. The van der Waals surface area contributed by atoms with E-state index in [0.717, 1.165) is 18.5 Å². The summed E-state index contributed by atoms with van der Waals surface area (Å²) in [4.78, 5) is 39.0. The Morgan fingerprint density at radius 3 is 2.68 bits per heavy atom. The average Bonchev–Trinajstić information content (AvgIpc) is 3.08. The van der Waals surface area contributed by atoms with Gasteiger partial charge in [-0.1, -0.05) is 0 Å². The molecule has 164 valence electrons. The van der Waals surface area contributed by atoms with Crippen molar-refractivity contribution in [3.05, 3.63) is 47.7 Å². The number of nitrogens with zero attached hydrogens (tertiary/aromatic N) is 5. The van der Waals surface area contributed by atoms with Gasteiger partial charge in [-0.25, -0.2) is 14.2 Å². The maximum Gasteiger partial charge on any atom is 0.325 e. The van der Waals surface area contributed by atoms with Crippen molar-refractivity contribution >= 4 is 17.6 Å². The van der Waals surface area contributed by atoms with Crippen LogP contribution in [0.3, 0.4) is 0 Å². The van der Waals surface area contributed by atoms with Crippen LogP contribution < -0.4 is 9.64 Å². The molecule has 0 radical (unpaired) electrons. The molecule has 0 N–H and O–H groups in total. The third kappa shape index (κ3) is 4.92. The van der Waals surface area contributed by atoms with Crippen molar-refractivity contribution in [3.8, 4) is 5.88 Å². The van der Waals surface area contributed by atoms with Gasteiger partial charge in [0.2, 0.25) is 11.8 Å². The van der Waals surface area contributed by atoms with Crippen LogP contribution in [0.2, 0.25) is 0 Å². The second-order valence-electron chi connectivity index (χ2n) is 7.95. The average molecular weight is 427 g/mol. The van der Waals surface area contributed by atoms with E-state index >= 15 is 0 Å². The highest BCUT2D eigenvalue weighted by molar-refractivity contribution is 5.96. The molecule has 3 amide bonds. The van der Waals surface area contributed by atoms with Gasteiger partial charge < -0.3 is 14.5 Å². The number of ether oxygens (including phenoxy) is 1. The zero-order chi connectivity index (χ0) is 22.0. The molecule has 1 unspecified atom stereocenters. The van der Waals surface area contributed by atoms with E-state index in [2.05, 4.69) is 9.97 Å². The molecule has 1 aromatic heterocycles. The molecule has 0 saturated carbocycles. The molecule has 0 aliphatic carbocycles. The van der Waals surface area contributed by atoms with Crippen molar-refractivity contribution in [2.75, 3.05) is 37.6 Å². The highest BCUT2D eigenvalue weighted by atomic mass is 19.1. The number of likely N-dealkylation sites (tertiary alicyclic amines) is 1. The molecule has 2 aliphatic rings. The highest BCUT2D eigenvalue weighted by Gasteiger charge is 2.33. The van der Waals surface area contributed by atoms with Crippen LogP contribution in [0.4, 0.5) is 14.9 Å². The fourth-order valence-electron chi connectivity index (χ4n) is 4.03. The number of anilines is 1. The van der Waals surface area contributed by atoms with E-state index in [9.17, 15) is 14.0 Å². The Hall–Kier alpha value is -3.23. The minimum absolute atomic E-state index is 0.0228. The molecule has 8 nitrogen and oxygen atoms in total. The van der Waals surface area contributed by atoms with Crippen LogP contribution in [0.15, 0.2) is 30.3 Å². The first-order chi connectivity index (χ1) is 14.9. The zero-order valence-electron chi connectivity index (χ0n) is 17.8. The fraction of sp³-hybridized carbons (Fsp3) is 0.455. The second kappa shape index (κ2) is 8.87. The lowest BCUT2D eigenvalue weighted by atomic mass is 10.1. The summed E-state index contributed by atoms with van der Waals surface area (Å²) < 4.78 is 19.2. The molecular weight excluding hydrogens is 401 g/mol. The van der Waals surface area contributed by atoms with Gasteiger partial charge >= 0.3 is 6.03 Å². The van der Waals surface area contributed by atoms with Crippen LogP contribution >= 0.6 is 0 Å². The lowest BCUT2D eigenvalue weighted by Gasteiger charge is -2.33. The van der Waals surface area contributed by atoms with Gasteiger partial charge in [-0.15, -0.1) is 0 Å². The zero-order valence-corrected chi connectivity index (χ0v) is 17.8. The molecule has 3 heterocycles. The summed E-state index contributed by atoms with van der Waals surface area (Å²) in [6.45, 7) is 5.76. The molecule has 2 aromatic rings. The number of amides is 3. The topological polar surface area (TPSA) is 78.9 Å². The molecule has 1 aromatic carbocycles. The van der Waals surface area contributed by atoms with Crippen molar-refractivity contribution in [1.82, 2.24) is 19.8 Å². The number of hydrogen-bond acceptors (Lipinski definition) is 5. The smallest absolute Gasteiger partial charge is 0.325 e. The van der Waals surface area contributed by atoms with E-state index in [-0.39, 0.29) is 30.4 Å². The normalized spacial score (nSPS) is 19.1. The molecular formula is C22H26FN5O3. The molecule has 0 bridgehead atoms. The molecule has 9 heteroatoms. The summed E-state index contributed by atoms with van der Waals surface area (Å²) in [6.07, 6.45) is 1.53. The number of rotatable bonds is 5. The van der Waals surface area contributed by atoms with Crippen LogP contribution in [-0.2, 0) is 4.79 Å². The number of urea groups is 1. The maximum atomic E-state index is 13.2. The Balaban J connectivity index is 1.34. The van der Waals surface area contributed by atoms with Crippen molar-refractivity contribution < 1.29 is 18.7 Å². The number of hydrogen-bond donors (Lipinski definition) is 0. The lowest BCUT2D eigenvalue weighted by molar-refractivity contribution is -0.134. The van der Waals surface area contributed by atoms with Crippen molar-refractivity contribution in [3.63, 3.8) is 0 Å². The van der Waals surface area contributed by atoms with Gasteiger partial charge in [-0.3, -0.25) is 9.69 Å². The van der Waals surface area contributed by atoms with E-state index < -0.39 is 0 Å². The Morgan fingerprint density at radius 2 is 1.94 bits per heavy atom. The number of aryl methyl sites for hydroxylation is 2. The van der Waals surface area contributed by atoms with E-state index in [4.69, 9.17) is 4.74 Å². The van der Waals surface area contributed by atoms with E-state index in [1.807, 2.05) is 13.8 Å². The van der Waals surface area contributed by atoms with Crippen molar-refractivity contribution in [1.29, 1.82) is 0 Å². The summed E-state index contributed by atoms with van der Waals surface area (Å²) in [5.41, 5.74) is 1.47. The van der Waals surface area contributed by atoms with Gasteiger partial charge in [-0.2, -0.15) is 4.98 Å². The minimum Gasteiger partial charge on any atom is -0.472 e. The second-order valence-corrected chi connectivity index (χ2v) is 7.95. The SMILES string of the molecule is Cc1cc(OC2CCCN(C(=O)CN3CCN(c4ccc(F)cc4)C3=O)C2)nc(C)n1. The summed E-state index contributed by atoms with van der Waals surface area (Å²) in [6, 6.07) is 7.34. The summed E-state index contributed by atoms with van der Waals surface area (Å²) in [7, 11) is 0. The summed E-state index contributed by atoms with van der Waals surface area (Å²) >= 11 is 0. The third-order valence-corrected chi connectivity index (χ3v) is 5.52. The first-order valence-electron chi connectivity index (χ1n) is 10.5. The number of carbonyl (C=O) groups is 2. The van der Waals surface area contributed by atoms with Gasteiger partial charge in [0.05, 0.1) is 6.54 Å². The molecule has 4 rings (SSSR count). The first-order valence-corrected chi connectivity index (χ1v) is 10.5. The lowest BCUT2D eigenvalue weighted by Crippen LogP contribution is -2.48. The van der Waals surface area contributed by atoms with Crippen molar-refractivity contribution in [2.45, 2.75) is 32.8 Å². The largest absolute Gasteiger partial charge is 0.472 e. The van der Waals surface area contributed by atoms with Crippen LogP contribution in [-0.4, -0.2) is 70.5 Å². The summed E-state index contributed by atoms with van der Waals surface area (Å²) in [5, 5.41) is 0. The van der Waals surface area contributed by atoms with Gasteiger partial charge in [0.1, 0.15) is 24.3 Å².